The number of anilines is 1. The number of nitrogens with one attached hydrogen (secondary N) is 1. The Hall–Kier alpha value is -1.79. The third kappa shape index (κ3) is 4.84. The molecule has 0 aliphatic heterocycles. The lowest BCUT2D eigenvalue weighted by atomic mass is 10.1. The number of nitrogens with zero attached hydrogens (tertiary/aromatic N) is 1. The number of hydrogen-bond donors (Lipinski definition) is 1. The number of rotatable bonds is 7. The Bertz CT molecular complexity index is 660. The molecule has 0 saturated carbocycles. The number of benzene rings is 1. The van der Waals surface area contributed by atoms with Crippen LogP contribution in [0.2, 0.25) is 5.02 Å². The van der Waals surface area contributed by atoms with Gasteiger partial charge in [0, 0.05) is 17.1 Å². The first-order chi connectivity index (χ1) is 11.0. The molecule has 0 atom stereocenters. The summed E-state index contributed by atoms with van der Waals surface area (Å²) in [7, 11) is 1.52. The first-order valence-corrected chi connectivity index (χ1v) is 8.48. The fourth-order valence-electron chi connectivity index (χ4n) is 1.84. The molecule has 1 aromatic heterocycles. The minimum atomic E-state index is -0.297. The van der Waals surface area contributed by atoms with Crippen LogP contribution in [0.1, 0.15) is 30.6 Å². The van der Waals surface area contributed by atoms with Crippen LogP contribution in [0.15, 0.2) is 23.7 Å². The van der Waals surface area contributed by atoms with E-state index in [2.05, 4.69) is 24.1 Å². The van der Waals surface area contributed by atoms with Crippen LogP contribution in [-0.4, -0.2) is 24.6 Å². The molecule has 7 heteroatoms. The van der Waals surface area contributed by atoms with Crippen LogP contribution in [-0.2, 0) is 0 Å². The van der Waals surface area contributed by atoms with Crippen LogP contribution in [0, 0.1) is 5.92 Å². The maximum Gasteiger partial charge on any atom is 0.257 e. The van der Waals surface area contributed by atoms with Gasteiger partial charge in [0.2, 0.25) is 0 Å². The number of hydrogen-bond acceptors (Lipinski definition) is 5. The summed E-state index contributed by atoms with van der Waals surface area (Å²) in [5.74, 6) is 1.13. The van der Waals surface area contributed by atoms with Crippen molar-refractivity contribution in [1.29, 1.82) is 0 Å². The zero-order valence-corrected chi connectivity index (χ0v) is 14.8. The van der Waals surface area contributed by atoms with Gasteiger partial charge < -0.3 is 9.47 Å². The van der Waals surface area contributed by atoms with Crippen LogP contribution in [0.3, 0.4) is 0 Å². The molecule has 5 nitrogen and oxygen atoms in total. The lowest BCUT2D eigenvalue weighted by Crippen LogP contribution is -2.12. The molecule has 0 radical (unpaired) electrons. The molecule has 23 heavy (non-hydrogen) atoms. The van der Waals surface area contributed by atoms with Crippen molar-refractivity contribution in [2.24, 2.45) is 5.92 Å². The molecule has 1 aromatic carbocycles. The number of carbonyl (C=O) groups excluding carboxylic acids is 1. The van der Waals surface area contributed by atoms with Gasteiger partial charge in [0.1, 0.15) is 0 Å². The standard InChI is InChI=1S/C16H19ClN2O3S/c1-10(2)4-6-22-14-12(17)8-11(9-13(14)21-3)15(20)19-16-18-5-7-23-16/h5,7-10H,4,6H2,1-3H3,(H,18,19,20). The fraction of sp³-hybridized carbons (Fsp3) is 0.375. The highest BCUT2D eigenvalue weighted by Gasteiger charge is 2.16. The molecule has 0 spiro atoms. The van der Waals surface area contributed by atoms with Crippen molar-refractivity contribution in [3.8, 4) is 11.5 Å². The number of carbonyl (C=O) groups is 1. The average molecular weight is 355 g/mol. The monoisotopic (exact) mass is 354 g/mol. The second kappa shape index (κ2) is 8.17. The molecule has 0 unspecified atom stereocenters. The molecule has 124 valence electrons. The molecule has 0 aliphatic rings. The molecule has 0 bridgehead atoms. The topological polar surface area (TPSA) is 60.5 Å². The maximum atomic E-state index is 12.2. The van der Waals surface area contributed by atoms with E-state index >= 15 is 0 Å². The molecule has 1 heterocycles. The predicted octanol–water partition coefficient (Wildman–Crippen LogP) is 4.48. The third-order valence-electron chi connectivity index (χ3n) is 3.09. The lowest BCUT2D eigenvalue weighted by molar-refractivity contribution is 0.102. The highest BCUT2D eigenvalue weighted by molar-refractivity contribution is 7.13. The van der Waals surface area contributed by atoms with E-state index in [0.29, 0.717) is 39.7 Å². The van der Waals surface area contributed by atoms with Crippen molar-refractivity contribution in [1.82, 2.24) is 4.98 Å². The molecular formula is C16H19ClN2O3S. The molecule has 2 aromatic rings. The summed E-state index contributed by atoms with van der Waals surface area (Å²) in [6.45, 7) is 4.78. The second-order valence-electron chi connectivity index (χ2n) is 5.31. The maximum absolute atomic E-state index is 12.2. The number of thiazole rings is 1. The zero-order chi connectivity index (χ0) is 16.8. The van der Waals surface area contributed by atoms with E-state index in [1.807, 2.05) is 0 Å². The summed E-state index contributed by atoms with van der Waals surface area (Å²) in [5.41, 5.74) is 0.387. The number of aromatic nitrogens is 1. The van der Waals surface area contributed by atoms with Gasteiger partial charge in [-0.2, -0.15) is 0 Å². The smallest absolute Gasteiger partial charge is 0.257 e. The average Bonchev–Trinajstić information content (AvgIpc) is 3.00. The molecule has 1 amide bonds. The Balaban J connectivity index is 2.16. The Kier molecular flexibility index (Phi) is 6.24. The Morgan fingerprint density at radius 3 is 2.83 bits per heavy atom. The van der Waals surface area contributed by atoms with E-state index in [-0.39, 0.29) is 5.91 Å². The second-order valence-corrected chi connectivity index (χ2v) is 6.61. The first-order valence-electron chi connectivity index (χ1n) is 7.22. The van der Waals surface area contributed by atoms with Crippen molar-refractivity contribution >= 4 is 34.0 Å². The Morgan fingerprint density at radius 2 is 2.22 bits per heavy atom. The van der Waals surface area contributed by atoms with Crippen LogP contribution < -0.4 is 14.8 Å². The van der Waals surface area contributed by atoms with E-state index in [1.54, 1.807) is 23.7 Å². The summed E-state index contributed by atoms with van der Waals surface area (Å²) in [4.78, 5) is 16.3. The molecule has 0 fully saturated rings. The van der Waals surface area contributed by atoms with Crippen molar-refractivity contribution in [2.75, 3.05) is 19.0 Å². The largest absolute Gasteiger partial charge is 0.493 e. The summed E-state index contributed by atoms with van der Waals surface area (Å²) < 4.78 is 11.0. The molecule has 2 rings (SSSR count). The Labute approximate surface area is 144 Å². The van der Waals surface area contributed by atoms with Crippen molar-refractivity contribution in [3.63, 3.8) is 0 Å². The number of ether oxygens (including phenoxy) is 2. The number of halogens is 1. The zero-order valence-electron chi connectivity index (χ0n) is 13.3. The van der Waals surface area contributed by atoms with Gasteiger partial charge in [-0.25, -0.2) is 4.98 Å². The number of methoxy groups -OCH3 is 1. The van der Waals surface area contributed by atoms with Gasteiger partial charge in [-0.1, -0.05) is 25.4 Å². The highest BCUT2D eigenvalue weighted by Crippen LogP contribution is 2.36. The van der Waals surface area contributed by atoms with Crippen LogP contribution in [0.5, 0.6) is 11.5 Å². The van der Waals surface area contributed by atoms with E-state index in [1.165, 1.54) is 18.4 Å². The van der Waals surface area contributed by atoms with Gasteiger partial charge in [0.25, 0.3) is 5.91 Å². The molecule has 0 aliphatic carbocycles. The van der Waals surface area contributed by atoms with Crippen molar-refractivity contribution in [2.45, 2.75) is 20.3 Å². The summed E-state index contributed by atoms with van der Waals surface area (Å²) in [6, 6.07) is 3.18. The molecule has 1 N–H and O–H groups in total. The van der Waals surface area contributed by atoms with Gasteiger partial charge in [-0.15, -0.1) is 11.3 Å². The normalized spacial score (nSPS) is 10.7. The van der Waals surface area contributed by atoms with Gasteiger partial charge in [0.05, 0.1) is 18.7 Å². The van der Waals surface area contributed by atoms with Crippen LogP contribution >= 0.6 is 22.9 Å². The quantitative estimate of drug-likeness (QED) is 0.796. The lowest BCUT2D eigenvalue weighted by Gasteiger charge is -2.14. The van der Waals surface area contributed by atoms with Crippen LogP contribution in [0.25, 0.3) is 0 Å². The highest BCUT2D eigenvalue weighted by atomic mass is 35.5. The van der Waals surface area contributed by atoms with E-state index in [4.69, 9.17) is 21.1 Å². The Morgan fingerprint density at radius 1 is 1.43 bits per heavy atom. The minimum absolute atomic E-state index is 0.297. The SMILES string of the molecule is COc1cc(C(=O)Nc2nccs2)cc(Cl)c1OCCC(C)C. The van der Waals surface area contributed by atoms with E-state index < -0.39 is 0 Å². The molecule has 0 saturated heterocycles. The van der Waals surface area contributed by atoms with Crippen LogP contribution in [0.4, 0.5) is 5.13 Å². The van der Waals surface area contributed by atoms with E-state index in [9.17, 15) is 4.79 Å². The summed E-state index contributed by atoms with van der Waals surface area (Å²) in [6.07, 6.45) is 2.53. The first kappa shape index (κ1) is 17.6. The van der Waals surface area contributed by atoms with E-state index in [0.717, 1.165) is 6.42 Å². The summed E-state index contributed by atoms with van der Waals surface area (Å²) in [5, 5.41) is 5.37. The molecular weight excluding hydrogens is 336 g/mol. The number of amides is 1. The van der Waals surface area contributed by atoms with Crippen molar-refractivity contribution in [3.05, 3.63) is 34.3 Å². The predicted molar refractivity (Wildman–Crippen MR) is 93.0 cm³/mol. The summed E-state index contributed by atoms with van der Waals surface area (Å²) >= 11 is 7.60. The fourth-order valence-corrected chi connectivity index (χ4v) is 2.63. The van der Waals surface area contributed by atoms with Crippen molar-refractivity contribution < 1.29 is 14.3 Å². The van der Waals surface area contributed by atoms with Gasteiger partial charge in [-0.05, 0) is 24.5 Å². The van der Waals surface area contributed by atoms with Gasteiger partial charge >= 0.3 is 0 Å². The third-order valence-corrected chi connectivity index (χ3v) is 4.06. The van der Waals surface area contributed by atoms with Gasteiger partial charge in [-0.3, -0.25) is 10.1 Å². The minimum Gasteiger partial charge on any atom is -0.493 e. The van der Waals surface area contributed by atoms with Gasteiger partial charge in [0.15, 0.2) is 16.6 Å².